The average Bonchev–Trinajstić information content (AvgIpc) is 2.93. The molecule has 0 bridgehead atoms. The van der Waals surface area contributed by atoms with E-state index in [9.17, 15) is 14.7 Å². The maximum Gasteiger partial charge on any atom is 0.326 e. The number of ether oxygens (including phenoxy) is 1. The Morgan fingerprint density at radius 2 is 2.00 bits per heavy atom. The molecule has 6 nitrogen and oxygen atoms in total. The fraction of sp³-hybridized carbons (Fsp3) is 0.833. The van der Waals surface area contributed by atoms with Crippen LogP contribution in [-0.4, -0.2) is 65.8 Å². The Morgan fingerprint density at radius 1 is 1.28 bits per heavy atom. The Balaban J connectivity index is 2.03. The predicted molar refractivity (Wildman–Crippen MR) is 64.3 cm³/mol. The molecular weight excluding hydrogens is 236 g/mol. The predicted octanol–water partition coefficient (Wildman–Crippen LogP) is 0.622. The SMILES string of the molecule is COC1CCN(C(=O)N2CCC(C)C2C(=O)O)C1. The van der Waals surface area contributed by atoms with Crippen LogP contribution in [0.15, 0.2) is 0 Å². The number of urea groups is 1. The van der Waals surface area contributed by atoms with E-state index in [1.54, 1.807) is 12.0 Å². The van der Waals surface area contributed by atoms with Crippen molar-refractivity contribution in [3.05, 3.63) is 0 Å². The number of methoxy groups -OCH3 is 1. The molecule has 2 rings (SSSR count). The van der Waals surface area contributed by atoms with Crippen LogP contribution in [-0.2, 0) is 9.53 Å². The van der Waals surface area contributed by atoms with Crippen LogP contribution in [0.3, 0.4) is 0 Å². The zero-order chi connectivity index (χ0) is 13.3. The third kappa shape index (κ3) is 2.29. The minimum absolute atomic E-state index is 0.0206. The molecule has 0 aromatic heterocycles. The van der Waals surface area contributed by atoms with Crippen molar-refractivity contribution in [3.63, 3.8) is 0 Å². The number of hydrogen-bond donors (Lipinski definition) is 1. The number of rotatable bonds is 2. The van der Waals surface area contributed by atoms with E-state index < -0.39 is 12.0 Å². The summed E-state index contributed by atoms with van der Waals surface area (Å²) in [5, 5.41) is 9.21. The molecule has 0 aliphatic carbocycles. The number of carbonyl (C=O) groups excluding carboxylic acids is 1. The van der Waals surface area contributed by atoms with E-state index in [2.05, 4.69) is 0 Å². The summed E-state index contributed by atoms with van der Waals surface area (Å²) in [5.74, 6) is -0.886. The molecule has 2 amide bonds. The molecule has 0 aromatic carbocycles. The van der Waals surface area contributed by atoms with Crippen molar-refractivity contribution in [1.29, 1.82) is 0 Å². The monoisotopic (exact) mass is 256 g/mol. The largest absolute Gasteiger partial charge is 0.480 e. The summed E-state index contributed by atoms with van der Waals surface area (Å²) < 4.78 is 5.22. The summed E-state index contributed by atoms with van der Waals surface area (Å²) >= 11 is 0. The van der Waals surface area contributed by atoms with Gasteiger partial charge in [-0.3, -0.25) is 0 Å². The van der Waals surface area contributed by atoms with Gasteiger partial charge in [-0.2, -0.15) is 0 Å². The lowest BCUT2D eigenvalue weighted by atomic mass is 10.0. The molecule has 2 fully saturated rings. The van der Waals surface area contributed by atoms with Gasteiger partial charge < -0.3 is 19.6 Å². The van der Waals surface area contributed by atoms with Gasteiger partial charge in [-0.15, -0.1) is 0 Å². The first-order valence-electron chi connectivity index (χ1n) is 6.35. The third-order valence-corrected chi connectivity index (χ3v) is 3.95. The van der Waals surface area contributed by atoms with E-state index in [1.165, 1.54) is 4.90 Å². The van der Waals surface area contributed by atoms with Crippen molar-refractivity contribution < 1.29 is 19.4 Å². The van der Waals surface area contributed by atoms with Gasteiger partial charge >= 0.3 is 12.0 Å². The maximum absolute atomic E-state index is 12.3. The maximum atomic E-state index is 12.3. The summed E-state index contributed by atoms with van der Waals surface area (Å²) in [7, 11) is 1.64. The van der Waals surface area contributed by atoms with Crippen LogP contribution in [0.25, 0.3) is 0 Å². The normalized spacial score (nSPS) is 32.0. The summed E-state index contributed by atoms with van der Waals surface area (Å²) in [5.41, 5.74) is 0. The van der Waals surface area contributed by atoms with Gasteiger partial charge in [0.05, 0.1) is 6.10 Å². The zero-order valence-corrected chi connectivity index (χ0v) is 10.8. The van der Waals surface area contributed by atoms with Gasteiger partial charge in [-0.25, -0.2) is 9.59 Å². The molecule has 0 radical (unpaired) electrons. The molecular formula is C12H20N2O4. The van der Waals surface area contributed by atoms with Gasteiger partial charge in [-0.05, 0) is 18.8 Å². The quantitative estimate of drug-likeness (QED) is 0.786. The van der Waals surface area contributed by atoms with Crippen molar-refractivity contribution in [2.24, 2.45) is 5.92 Å². The van der Waals surface area contributed by atoms with E-state index in [1.807, 2.05) is 6.92 Å². The van der Waals surface area contributed by atoms with Gasteiger partial charge in [0, 0.05) is 26.7 Å². The van der Waals surface area contributed by atoms with Crippen LogP contribution in [0, 0.1) is 5.92 Å². The van der Waals surface area contributed by atoms with E-state index in [4.69, 9.17) is 4.74 Å². The average molecular weight is 256 g/mol. The number of hydrogen-bond acceptors (Lipinski definition) is 3. The number of carbonyl (C=O) groups is 2. The first-order chi connectivity index (χ1) is 8.54. The highest BCUT2D eigenvalue weighted by molar-refractivity contribution is 5.83. The lowest BCUT2D eigenvalue weighted by molar-refractivity contribution is -0.142. The fourth-order valence-corrected chi connectivity index (χ4v) is 2.81. The molecule has 1 N–H and O–H groups in total. The number of aliphatic carboxylic acids is 1. The number of nitrogens with zero attached hydrogens (tertiary/aromatic N) is 2. The van der Waals surface area contributed by atoms with Crippen molar-refractivity contribution in [3.8, 4) is 0 Å². The van der Waals surface area contributed by atoms with Gasteiger partial charge in [0.1, 0.15) is 6.04 Å². The molecule has 6 heteroatoms. The highest BCUT2D eigenvalue weighted by Crippen LogP contribution is 2.26. The van der Waals surface area contributed by atoms with Gasteiger partial charge in [0.15, 0.2) is 0 Å². The Hall–Kier alpha value is -1.30. The van der Waals surface area contributed by atoms with Crippen molar-refractivity contribution in [1.82, 2.24) is 9.80 Å². The van der Waals surface area contributed by atoms with Crippen LogP contribution in [0.5, 0.6) is 0 Å². The van der Waals surface area contributed by atoms with Crippen LogP contribution < -0.4 is 0 Å². The van der Waals surface area contributed by atoms with E-state index in [0.29, 0.717) is 19.6 Å². The van der Waals surface area contributed by atoms with Crippen molar-refractivity contribution >= 4 is 12.0 Å². The topological polar surface area (TPSA) is 70.1 Å². The molecule has 3 unspecified atom stereocenters. The molecule has 3 atom stereocenters. The second-order valence-corrected chi connectivity index (χ2v) is 5.12. The first kappa shape index (κ1) is 13.1. The van der Waals surface area contributed by atoms with E-state index >= 15 is 0 Å². The second kappa shape index (κ2) is 5.14. The van der Waals surface area contributed by atoms with Gasteiger partial charge in [-0.1, -0.05) is 6.92 Å². The minimum Gasteiger partial charge on any atom is -0.480 e. The van der Waals surface area contributed by atoms with Crippen molar-refractivity contribution in [2.75, 3.05) is 26.7 Å². The smallest absolute Gasteiger partial charge is 0.326 e. The van der Waals surface area contributed by atoms with Crippen LogP contribution in [0.2, 0.25) is 0 Å². The Morgan fingerprint density at radius 3 is 2.56 bits per heavy atom. The van der Waals surface area contributed by atoms with Crippen LogP contribution >= 0.6 is 0 Å². The fourth-order valence-electron chi connectivity index (χ4n) is 2.81. The lowest BCUT2D eigenvalue weighted by Crippen LogP contribution is -2.48. The highest BCUT2D eigenvalue weighted by Gasteiger charge is 2.42. The van der Waals surface area contributed by atoms with E-state index in [0.717, 1.165) is 12.8 Å². The Labute approximate surface area is 106 Å². The number of carboxylic acid groups (broad SMARTS) is 1. The molecule has 2 aliphatic rings. The summed E-state index contributed by atoms with van der Waals surface area (Å²) in [6.07, 6.45) is 1.66. The number of amides is 2. The Bertz CT molecular complexity index is 347. The molecule has 18 heavy (non-hydrogen) atoms. The number of carboxylic acids is 1. The molecule has 0 aromatic rings. The first-order valence-corrected chi connectivity index (χ1v) is 6.35. The summed E-state index contributed by atoms with van der Waals surface area (Å²) in [6, 6.07) is -0.842. The third-order valence-electron chi connectivity index (χ3n) is 3.95. The van der Waals surface area contributed by atoms with E-state index in [-0.39, 0.29) is 18.1 Å². The molecule has 2 aliphatic heterocycles. The second-order valence-electron chi connectivity index (χ2n) is 5.12. The standard InChI is InChI=1S/C12H20N2O4/c1-8-3-6-14(10(8)11(15)16)12(17)13-5-4-9(7-13)18-2/h8-10H,3-7H2,1-2H3,(H,15,16). The zero-order valence-electron chi connectivity index (χ0n) is 10.8. The van der Waals surface area contributed by atoms with Gasteiger partial charge in [0.25, 0.3) is 0 Å². The highest BCUT2D eigenvalue weighted by atomic mass is 16.5. The molecule has 2 saturated heterocycles. The minimum atomic E-state index is -0.907. The van der Waals surface area contributed by atoms with Gasteiger partial charge in [0.2, 0.25) is 0 Å². The Kier molecular flexibility index (Phi) is 3.75. The molecule has 102 valence electrons. The van der Waals surface area contributed by atoms with Crippen LogP contribution in [0.4, 0.5) is 4.79 Å². The van der Waals surface area contributed by atoms with Crippen LogP contribution in [0.1, 0.15) is 19.8 Å². The lowest BCUT2D eigenvalue weighted by Gasteiger charge is -2.28. The molecule has 0 saturated carbocycles. The van der Waals surface area contributed by atoms with Crippen molar-refractivity contribution in [2.45, 2.75) is 31.9 Å². The molecule has 2 heterocycles. The summed E-state index contributed by atoms with van der Waals surface area (Å²) in [4.78, 5) is 26.7. The summed E-state index contributed by atoms with van der Waals surface area (Å²) in [6.45, 7) is 3.63. The number of likely N-dealkylation sites (tertiary alicyclic amines) is 2. The molecule has 0 spiro atoms.